The maximum atomic E-state index is 3.82. The molecule has 112 valence electrons. The summed E-state index contributed by atoms with van der Waals surface area (Å²) in [4.78, 5) is 0. The molecular formula is C19H31N. The van der Waals surface area contributed by atoms with Crippen LogP contribution in [0.4, 0.5) is 0 Å². The summed E-state index contributed by atoms with van der Waals surface area (Å²) in [6.07, 6.45) is 7.78. The van der Waals surface area contributed by atoms with Crippen molar-refractivity contribution in [2.24, 2.45) is 5.41 Å². The van der Waals surface area contributed by atoms with Crippen molar-refractivity contribution in [1.82, 2.24) is 5.32 Å². The van der Waals surface area contributed by atoms with Crippen LogP contribution in [0.3, 0.4) is 0 Å². The minimum Gasteiger partial charge on any atom is -0.307 e. The van der Waals surface area contributed by atoms with Gasteiger partial charge in [-0.05, 0) is 55.6 Å². The highest BCUT2D eigenvalue weighted by Crippen LogP contribution is 2.35. The molecule has 0 aromatic heterocycles. The van der Waals surface area contributed by atoms with E-state index < -0.39 is 0 Å². The molecule has 1 nitrogen and oxygen atoms in total. The lowest BCUT2D eigenvalue weighted by atomic mass is 9.75. The molecule has 0 heterocycles. The number of aryl methyl sites for hydroxylation is 1. The third-order valence-electron chi connectivity index (χ3n) is 4.84. The Morgan fingerprint density at radius 1 is 1.15 bits per heavy atom. The minimum absolute atomic E-state index is 0.469. The molecule has 1 aliphatic carbocycles. The summed E-state index contributed by atoms with van der Waals surface area (Å²) in [5.74, 6) is 0. The summed E-state index contributed by atoms with van der Waals surface area (Å²) in [5, 5.41) is 3.82. The van der Waals surface area contributed by atoms with Gasteiger partial charge in [-0.2, -0.15) is 0 Å². The lowest BCUT2D eigenvalue weighted by Gasteiger charge is -2.36. The third-order valence-corrected chi connectivity index (χ3v) is 4.84. The number of nitrogens with one attached hydrogen (secondary N) is 1. The Hall–Kier alpha value is -0.820. The lowest BCUT2D eigenvalue weighted by molar-refractivity contribution is 0.200. The number of rotatable bonds is 5. The van der Waals surface area contributed by atoms with Crippen LogP contribution in [-0.4, -0.2) is 6.04 Å². The van der Waals surface area contributed by atoms with Gasteiger partial charge < -0.3 is 5.32 Å². The molecule has 20 heavy (non-hydrogen) atoms. The Bertz CT molecular complexity index is 394. The fourth-order valence-corrected chi connectivity index (χ4v) is 3.28. The molecule has 0 spiro atoms. The second-order valence-corrected chi connectivity index (χ2v) is 7.32. The molecule has 1 fully saturated rings. The maximum absolute atomic E-state index is 3.82. The van der Waals surface area contributed by atoms with Crippen LogP contribution in [0.15, 0.2) is 24.3 Å². The van der Waals surface area contributed by atoms with Gasteiger partial charge in [0.25, 0.3) is 0 Å². The van der Waals surface area contributed by atoms with Crippen LogP contribution in [-0.2, 0) is 6.42 Å². The van der Waals surface area contributed by atoms with Crippen LogP contribution in [0.25, 0.3) is 0 Å². The summed E-state index contributed by atoms with van der Waals surface area (Å²) < 4.78 is 0. The molecule has 1 saturated carbocycles. The highest BCUT2D eigenvalue weighted by atomic mass is 14.9. The van der Waals surface area contributed by atoms with Crippen molar-refractivity contribution in [3.8, 4) is 0 Å². The van der Waals surface area contributed by atoms with Gasteiger partial charge in [0.05, 0.1) is 0 Å². The largest absolute Gasteiger partial charge is 0.307 e. The first-order chi connectivity index (χ1) is 9.50. The van der Waals surface area contributed by atoms with E-state index in [4.69, 9.17) is 0 Å². The van der Waals surface area contributed by atoms with Gasteiger partial charge in [-0.1, -0.05) is 51.5 Å². The monoisotopic (exact) mass is 273 g/mol. The topological polar surface area (TPSA) is 12.0 Å². The van der Waals surface area contributed by atoms with E-state index in [1.54, 1.807) is 0 Å². The van der Waals surface area contributed by atoms with Crippen LogP contribution >= 0.6 is 0 Å². The Morgan fingerprint density at radius 3 is 2.30 bits per heavy atom. The highest BCUT2D eigenvalue weighted by Gasteiger charge is 2.27. The van der Waals surface area contributed by atoms with Crippen LogP contribution < -0.4 is 5.32 Å². The van der Waals surface area contributed by atoms with Gasteiger partial charge in [-0.15, -0.1) is 0 Å². The van der Waals surface area contributed by atoms with E-state index in [1.807, 2.05) is 0 Å². The molecule has 0 amide bonds. The molecule has 1 aliphatic rings. The lowest BCUT2D eigenvalue weighted by Crippen LogP contribution is -2.37. The molecule has 0 aliphatic heterocycles. The Morgan fingerprint density at radius 2 is 1.75 bits per heavy atom. The van der Waals surface area contributed by atoms with Crippen molar-refractivity contribution in [2.45, 2.75) is 78.3 Å². The van der Waals surface area contributed by atoms with Crippen LogP contribution in [0, 0.1) is 5.41 Å². The molecule has 1 heteroatoms. The van der Waals surface area contributed by atoms with Crippen LogP contribution in [0.2, 0.25) is 0 Å². The molecule has 1 N–H and O–H groups in total. The van der Waals surface area contributed by atoms with Gasteiger partial charge in [0.2, 0.25) is 0 Å². The SMILES string of the molecule is CCCc1ccc(C(C)NC2CCC(C)(C)CC2)cc1. The molecule has 2 rings (SSSR count). The average molecular weight is 273 g/mol. The number of hydrogen-bond acceptors (Lipinski definition) is 1. The van der Waals surface area contributed by atoms with Gasteiger partial charge in [0, 0.05) is 12.1 Å². The van der Waals surface area contributed by atoms with Gasteiger partial charge >= 0.3 is 0 Å². The zero-order valence-electron chi connectivity index (χ0n) is 13.7. The van der Waals surface area contributed by atoms with E-state index in [9.17, 15) is 0 Å². The van der Waals surface area contributed by atoms with E-state index >= 15 is 0 Å². The van der Waals surface area contributed by atoms with Gasteiger partial charge in [-0.25, -0.2) is 0 Å². The molecule has 1 aromatic rings. The zero-order chi connectivity index (χ0) is 14.6. The van der Waals surface area contributed by atoms with Gasteiger partial charge in [-0.3, -0.25) is 0 Å². The third kappa shape index (κ3) is 4.34. The second kappa shape index (κ2) is 6.76. The van der Waals surface area contributed by atoms with Crippen molar-refractivity contribution < 1.29 is 0 Å². The van der Waals surface area contributed by atoms with Crippen molar-refractivity contribution >= 4 is 0 Å². The zero-order valence-corrected chi connectivity index (χ0v) is 13.7. The van der Waals surface area contributed by atoms with Gasteiger partial charge in [0.15, 0.2) is 0 Å². The molecule has 0 bridgehead atoms. The fourth-order valence-electron chi connectivity index (χ4n) is 3.28. The summed E-state index contributed by atoms with van der Waals surface area (Å²) in [6, 6.07) is 10.4. The van der Waals surface area contributed by atoms with E-state index in [1.165, 1.54) is 49.7 Å². The smallest absolute Gasteiger partial charge is 0.0294 e. The van der Waals surface area contributed by atoms with E-state index in [-0.39, 0.29) is 0 Å². The highest BCUT2D eigenvalue weighted by molar-refractivity contribution is 5.24. The second-order valence-electron chi connectivity index (χ2n) is 7.32. The quantitative estimate of drug-likeness (QED) is 0.771. The Balaban J connectivity index is 1.87. The van der Waals surface area contributed by atoms with Crippen molar-refractivity contribution in [3.63, 3.8) is 0 Å². The fraction of sp³-hybridized carbons (Fsp3) is 0.684. The predicted molar refractivity (Wildman–Crippen MR) is 88.0 cm³/mol. The predicted octanol–water partition coefficient (Wildman–Crippen LogP) is 5.26. The molecule has 1 atom stereocenters. The molecular weight excluding hydrogens is 242 g/mol. The van der Waals surface area contributed by atoms with Crippen LogP contribution in [0.1, 0.15) is 77.0 Å². The first-order valence-electron chi connectivity index (χ1n) is 8.35. The number of hydrogen-bond donors (Lipinski definition) is 1. The van der Waals surface area contributed by atoms with E-state index in [2.05, 4.69) is 57.3 Å². The van der Waals surface area contributed by atoms with Crippen molar-refractivity contribution in [3.05, 3.63) is 35.4 Å². The first-order valence-corrected chi connectivity index (χ1v) is 8.35. The molecule has 0 radical (unpaired) electrons. The molecule has 1 unspecified atom stereocenters. The van der Waals surface area contributed by atoms with Crippen molar-refractivity contribution in [1.29, 1.82) is 0 Å². The molecule has 1 aromatic carbocycles. The average Bonchev–Trinajstić information content (AvgIpc) is 2.42. The standard InChI is InChI=1S/C19H31N/c1-5-6-16-7-9-17(10-8-16)15(2)20-18-11-13-19(3,4)14-12-18/h7-10,15,18,20H,5-6,11-14H2,1-4H3. The maximum Gasteiger partial charge on any atom is 0.0294 e. The van der Waals surface area contributed by atoms with Crippen LogP contribution in [0.5, 0.6) is 0 Å². The van der Waals surface area contributed by atoms with E-state index in [0.717, 1.165) is 0 Å². The normalized spacial score (nSPS) is 20.8. The summed E-state index contributed by atoms with van der Waals surface area (Å²) >= 11 is 0. The minimum atomic E-state index is 0.469. The summed E-state index contributed by atoms with van der Waals surface area (Å²) in [5.41, 5.74) is 3.45. The first kappa shape index (κ1) is 15.6. The van der Waals surface area contributed by atoms with Gasteiger partial charge in [0.1, 0.15) is 0 Å². The summed E-state index contributed by atoms with van der Waals surface area (Å²) in [7, 11) is 0. The van der Waals surface area contributed by atoms with Crippen molar-refractivity contribution in [2.75, 3.05) is 0 Å². The number of benzene rings is 1. The summed E-state index contributed by atoms with van der Waals surface area (Å²) in [6.45, 7) is 9.34. The Labute approximate surface area is 125 Å². The molecule has 0 saturated heterocycles. The Kier molecular flexibility index (Phi) is 5.26. The van der Waals surface area contributed by atoms with E-state index in [0.29, 0.717) is 17.5 Å².